The molecule has 0 saturated carbocycles. The van der Waals surface area contributed by atoms with Gasteiger partial charge in [0.05, 0.1) is 26.4 Å². The number of nitrogens with one attached hydrogen (secondary N) is 1. The number of fused-ring (bicyclic) bond motifs is 1. The lowest BCUT2D eigenvalue weighted by Crippen LogP contribution is -2.33. The molecule has 4 nitrogen and oxygen atoms in total. The van der Waals surface area contributed by atoms with Crippen LogP contribution in [0.1, 0.15) is 34.5 Å². The van der Waals surface area contributed by atoms with Crippen molar-refractivity contribution < 1.29 is 22.7 Å². The summed E-state index contributed by atoms with van der Waals surface area (Å²) in [5.74, 6) is -0.220. The van der Waals surface area contributed by atoms with Gasteiger partial charge in [-0.3, -0.25) is 4.79 Å². The Hall–Kier alpha value is -1.84. The van der Waals surface area contributed by atoms with Gasteiger partial charge in [-0.15, -0.1) is 11.3 Å². The molecule has 3 heterocycles. The standard InChI is InChI=1S/C20H18BrF3N2O2S/c21-15-11-29-17-8-16(19(27)25-9-14-2-1-7-28-14)26(18(15)17)10-12-3-5-13(6-4-12)20(22,23)24/h3-6,8,11,14H,1-2,7,9-10H2,(H,25,27)/t14-/m0/s1. The molecule has 0 unspecified atom stereocenters. The van der Waals surface area contributed by atoms with E-state index in [0.717, 1.165) is 39.7 Å². The van der Waals surface area contributed by atoms with Gasteiger partial charge in [-0.05, 0) is 52.5 Å². The summed E-state index contributed by atoms with van der Waals surface area (Å²) >= 11 is 5.02. The molecule has 1 amide bonds. The number of rotatable bonds is 5. The number of halogens is 4. The van der Waals surface area contributed by atoms with Gasteiger partial charge in [0.25, 0.3) is 5.91 Å². The van der Waals surface area contributed by atoms with E-state index in [1.54, 1.807) is 0 Å². The van der Waals surface area contributed by atoms with E-state index in [1.807, 2.05) is 16.0 Å². The zero-order valence-electron chi connectivity index (χ0n) is 15.3. The lowest BCUT2D eigenvalue weighted by molar-refractivity contribution is -0.137. The Bertz CT molecular complexity index is 1020. The van der Waals surface area contributed by atoms with Gasteiger partial charge in [-0.25, -0.2) is 0 Å². The van der Waals surface area contributed by atoms with E-state index in [1.165, 1.54) is 23.5 Å². The molecule has 1 aromatic carbocycles. The van der Waals surface area contributed by atoms with Crippen molar-refractivity contribution in [1.82, 2.24) is 9.88 Å². The van der Waals surface area contributed by atoms with Crippen molar-refractivity contribution in [3.63, 3.8) is 0 Å². The Morgan fingerprint density at radius 3 is 2.72 bits per heavy atom. The first-order valence-electron chi connectivity index (χ1n) is 9.15. The molecule has 1 aliphatic rings. The fourth-order valence-corrected chi connectivity index (χ4v) is 5.16. The summed E-state index contributed by atoms with van der Waals surface area (Å²) in [5.41, 5.74) is 1.33. The molecule has 3 aromatic rings. The maximum atomic E-state index is 12.8. The van der Waals surface area contributed by atoms with E-state index in [4.69, 9.17) is 4.74 Å². The Kier molecular flexibility index (Phi) is 5.72. The van der Waals surface area contributed by atoms with Crippen LogP contribution in [0.2, 0.25) is 0 Å². The third kappa shape index (κ3) is 4.36. The second-order valence-electron chi connectivity index (χ2n) is 6.95. The number of aromatic nitrogens is 1. The highest BCUT2D eigenvalue weighted by atomic mass is 79.9. The number of alkyl halides is 3. The molecule has 0 bridgehead atoms. The number of hydrogen-bond donors (Lipinski definition) is 1. The number of carbonyl (C=O) groups excluding carboxylic acids is 1. The van der Waals surface area contributed by atoms with Crippen LogP contribution in [0.25, 0.3) is 10.2 Å². The fourth-order valence-electron chi connectivity index (χ4n) is 3.47. The van der Waals surface area contributed by atoms with Gasteiger partial charge in [0.15, 0.2) is 0 Å². The van der Waals surface area contributed by atoms with Crippen LogP contribution in [0.4, 0.5) is 13.2 Å². The van der Waals surface area contributed by atoms with Crippen molar-refractivity contribution in [2.24, 2.45) is 0 Å². The van der Waals surface area contributed by atoms with Crippen LogP contribution in [0, 0.1) is 0 Å². The molecular weight excluding hydrogens is 469 g/mol. The number of carbonyl (C=O) groups is 1. The first-order chi connectivity index (χ1) is 13.8. The van der Waals surface area contributed by atoms with Gasteiger partial charge in [-0.2, -0.15) is 13.2 Å². The zero-order valence-corrected chi connectivity index (χ0v) is 17.7. The maximum Gasteiger partial charge on any atom is 0.416 e. The predicted molar refractivity (Wildman–Crippen MR) is 109 cm³/mol. The summed E-state index contributed by atoms with van der Waals surface area (Å²) in [6, 6.07) is 6.84. The minimum Gasteiger partial charge on any atom is -0.376 e. The maximum absolute atomic E-state index is 12.8. The van der Waals surface area contributed by atoms with Gasteiger partial charge >= 0.3 is 6.18 Å². The molecular formula is C20H18BrF3N2O2S. The van der Waals surface area contributed by atoms with Gasteiger partial charge < -0.3 is 14.6 Å². The molecule has 0 radical (unpaired) electrons. The average molecular weight is 487 g/mol. The second-order valence-corrected chi connectivity index (χ2v) is 8.72. The molecule has 0 aliphatic carbocycles. The lowest BCUT2D eigenvalue weighted by atomic mass is 10.1. The summed E-state index contributed by atoms with van der Waals surface area (Å²) in [7, 11) is 0. The highest BCUT2D eigenvalue weighted by Gasteiger charge is 2.30. The first kappa shape index (κ1) is 20.4. The predicted octanol–water partition coefficient (Wildman–Crippen LogP) is 5.44. The van der Waals surface area contributed by atoms with Crippen LogP contribution in [-0.4, -0.2) is 29.7 Å². The zero-order chi connectivity index (χ0) is 20.6. The summed E-state index contributed by atoms with van der Waals surface area (Å²) in [4.78, 5) is 12.8. The molecule has 9 heteroatoms. The Morgan fingerprint density at radius 2 is 2.07 bits per heavy atom. The summed E-state index contributed by atoms with van der Waals surface area (Å²) in [6.07, 6.45) is -2.42. The highest BCUT2D eigenvalue weighted by molar-refractivity contribution is 9.10. The molecule has 29 heavy (non-hydrogen) atoms. The number of hydrogen-bond acceptors (Lipinski definition) is 3. The quantitative estimate of drug-likeness (QED) is 0.521. The van der Waals surface area contributed by atoms with Crippen LogP contribution in [0.5, 0.6) is 0 Å². The number of ether oxygens (including phenoxy) is 1. The largest absolute Gasteiger partial charge is 0.416 e. The van der Waals surface area contributed by atoms with Crippen LogP contribution in [0.15, 0.2) is 40.2 Å². The molecule has 1 atom stereocenters. The number of nitrogens with zero attached hydrogens (tertiary/aromatic N) is 1. The van der Waals surface area contributed by atoms with Crippen molar-refractivity contribution in [3.05, 3.63) is 57.0 Å². The Labute approximate surface area is 177 Å². The van der Waals surface area contributed by atoms with Crippen LogP contribution in [0.3, 0.4) is 0 Å². The van der Waals surface area contributed by atoms with E-state index in [-0.39, 0.29) is 12.0 Å². The lowest BCUT2D eigenvalue weighted by Gasteiger charge is -2.14. The van der Waals surface area contributed by atoms with Crippen molar-refractivity contribution in [3.8, 4) is 0 Å². The van der Waals surface area contributed by atoms with Crippen LogP contribution >= 0.6 is 27.3 Å². The van der Waals surface area contributed by atoms with Crippen molar-refractivity contribution >= 4 is 43.4 Å². The number of benzene rings is 1. The molecule has 1 fully saturated rings. The van der Waals surface area contributed by atoms with Crippen molar-refractivity contribution in [2.75, 3.05) is 13.2 Å². The topological polar surface area (TPSA) is 43.3 Å². The number of thiophene rings is 1. The minimum absolute atomic E-state index is 0.0325. The van der Waals surface area contributed by atoms with E-state index >= 15 is 0 Å². The fraction of sp³-hybridized carbons (Fsp3) is 0.350. The van der Waals surface area contributed by atoms with Crippen LogP contribution < -0.4 is 5.32 Å². The monoisotopic (exact) mass is 486 g/mol. The molecule has 1 aliphatic heterocycles. The van der Waals surface area contributed by atoms with Crippen molar-refractivity contribution in [2.45, 2.75) is 31.7 Å². The third-order valence-corrected chi connectivity index (χ3v) is 6.77. The molecule has 1 saturated heterocycles. The summed E-state index contributed by atoms with van der Waals surface area (Å²) in [6.45, 7) is 1.45. The molecule has 154 valence electrons. The van der Waals surface area contributed by atoms with Crippen LogP contribution in [-0.2, 0) is 17.5 Å². The third-order valence-electron chi connectivity index (χ3n) is 4.95. The first-order valence-corrected chi connectivity index (χ1v) is 10.8. The molecule has 0 spiro atoms. The average Bonchev–Trinajstić information content (AvgIpc) is 3.39. The molecule has 2 aromatic heterocycles. The van der Waals surface area contributed by atoms with Gasteiger partial charge in [0.1, 0.15) is 5.69 Å². The van der Waals surface area contributed by atoms with E-state index in [9.17, 15) is 18.0 Å². The molecule has 1 N–H and O–H groups in total. The smallest absolute Gasteiger partial charge is 0.376 e. The summed E-state index contributed by atoms with van der Waals surface area (Å²) < 4.78 is 47.6. The minimum atomic E-state index is -4.37. The van der Waals surface area contributed by atoms with E-state index in [2.05, 4.69) is 21.2 Å². The van der Waals surface area contributed by atoms with E-state index < -0.39 is 11.7 Å². The van der Waals surface area contributed by atoms with Gasteiger partial charge in [0.2, 0.25) is 0 Å². The van der Waals surface area contributed by atoms with Gasteiger partial charge in [0, 0.05) is 25.1 Å². The SMILES string of the molecule is O=C(NC[C@@H]1CCCO1)c1cc2scc(Br)c2n1Cc1ccc(C(F)(F)F)cc1. The normalized spacial score (nSPS) is 17.2. The number of amides is 1. The van der Waals surface area contributed by atoms with Gasteiger partial charge in [-0.1, -0.05) is 12.1 Å². The molecule has 4 rings (SSSR count). The second kappa shape index (κ2) is 8.12. The Morgan fingerprint density at radius 1 is 1.31 bits per heavy atom. The van der Waals surface area contributed by atoms with E-state index in [0.29, 0.717) is 31.0 Å². The highest BCUT2D eigenvalue weighted by Crippen LogP contribution is 2.34. The Balaban J connectivity index is 1.60. The van der Waals surface area contributed by atoms with Crippen molar-refractivity contribution in [1.29, 1.82) is 0 Å². The summed E-state index contributed by atoms with van der Waals surface area (Å²) in [5, 5.41) is 4.85.